The highest BCUT2D eigenvalue weighted by Crippen LogP contribution is 2.30. The van der Waals surface area contributed by atoms with Crippen molar-refractivity contribution in [1.29, 1.82) is 0 Å². The molecule has 0 amide bonds. The minimum Gasteiger partial charge on any atom is -0.487 e. The van der Waals surface area contributed by atoms with Crippen LogP contribution < -0.4 is 4.74 Å². The standard InChI is InChI=1S/C13H8Cl3FO3S/c14-11-5-9(17)2-1-8(11)7-20-13-4-3-10(6-12(13)15)21(16,18)19/h1-6H,7H2. The highest BCUT2D eigenvalue weighted by molar-refractivity contribution is 8.13. The highest BCUT2D eigenvalue weighted by Gasteiger charge is 2.13. The lowest BCUT2D eigenvalue weighted by Gasteiger charge is -2.10. The van der Waals surface area contributed by atoms with Crippen LogP contribution in [0.5, 0.6) is 5.75 Å². The minimum absolute atomic E-state index is 0.0613. The van der Waals surface area contributed by atoms with Gasteiger partial charge in [-0.1, -0.05) is 29.3 Å². The van der Waals surface area contributed by atoms with Crippen molar-refractivity contribution in [3.8, 4) is 5.75 Å². The van der Waals surface area contributed by atoms with Crippen LogP contribution in [-0.2, 0) is 15.7 Å². The molecule has 0 aliphatic heterocycles. The third kappa shape index (κ3) is 4.23. The molecule has 0 bridgehead atoms. The molecule has 0 N–H and O–H groups in total. The molecule has 3 nitrogen and oxygen atoms in total. The molecular weight excluding hydrogens is 362 g/mol. The third-order valence-electron chi connectivity index (χ3n) is 2.58. The Bertz CT molecular complexity index is 778. The molecule has 0 aromatic heterocycles. The molecule has 0 spiro atoms. The van der Waals surface area contributed by atoms with Crippen molar-refractivity contribution in [2.45, 2.75) is 11.5 Å². The Morgan fingerprint density at radius 1 is 1.05 bits per heavy atom. The van der Waals surface area contributed by atoms with Crippen LogP contribution in [0.1, 0.15) is 5.56 Å². The lowest BCUT2D eigenvalue weighted by molar-refractivity contribution is 0.306. The summed E-state index contributed by atoms with van der Waals surface area (Å²) >= 11 is 11.8. The molecule has 0 fully saturated rings. The number of rotatable bonds is 4. The summed E-state index contributed by atoms with van der Waals surface area (Å²) in [5.41, 5.74) is 0.572. The number of hydrogen-bond donors (Lipinski definition) is 0. The van der Waals surface area contributed by atoms with E-state index in [9.17, 15) is 12.8 Å². The van der Waals surface area contributed by atoms with E-state index in [1.54, 1.807) is 0 Å². The summed E-state index contributed by atoms with van der Waals surface area (Å²) in [6.07, 6.45) is 0. The fourth-order valence-corrected chi connectivity index (χ4v) is 2.84. The zero-order valence-corrected chi connectivity index (χ0v) is 13.4. The molecule has 0 saturated carbocycles. The molecule has 2 rings (SSSR count). The zero-order chi connectivity index (χ0) is 15.6. The SMILES string of the molecule is O=S(=O)(Cl)c1ccc(OCc2ccc(F)cc2Cl)c(Cl)c1. The highest BCUT2D eigenvalue weighted by atomic mass is 35.7. The fourth-order valence-electron chi connectivity index (χ4n) is 1.54. The van der Waals surface area contributed by atoms with Gasteiger partial charge in [-0.15, -0.1) is 0 Å². The Kier molecular flexibility index (Phi) is 4.99. The number of benzene rings is 2. The van der Waals surface area contributed by atoms with Gasteiger partial charge in [0, 0.05) is 16.2 Å². The molecule has 0 saturated heterocycles. The van der Waals surface area contributed by atoms with Crippen molar-refractivity contribution in [3.63, 3.8) is 0 Å². The number of halogens is 4. The van der Waals surface area contributed by atoms with Crippen molar-refractivity contribution in [2.24, 2.45) is 0 Å². The van der Waals surface area contributed by atoms with Crippen LogP contribution in [-0.4, -0.2) is 8.42 Å². The first kappa shape index (κ1) is 16.4. The Hall–Kier alpha value is -1.01. The molecule has 0 unspecified atom stereocenters. The maximum absolute atomic E-state index is 12.9. The molecule has 21 heavy (non-hydrogen) atoms. The predicted molar refractivity (Wildman–Crippen MR) is 80.2 cm³/mol. The predicted octanol–water partition coefficient (Wildman–Crippen LogP) is 4.64. The summed E-state index contributed by atoms with van der Waals surface area (Å²) in [5, 5.41) is 0.320. The van der Waals surface area contributed by atoms with Crippen molar-refractivity contribution in [3.05, 3.63) is 57.8 Å². The second-order valence-corrected chi connectivity index (χ2v) is 7.43. The van der Waals surface area contributed by atoms with Crippen LogP contribution in [0, 0.1) is 5.82 Å². The van der Waals surface area contributed by atoms with E-state index in [0.29, 0.717) is 5.56 Å². The van der Waals surface area contributed by atoms with Gasteiger partial charge in [0.2, 0.25) is 0 Å². The van der Waals surface area contributed by atoms with Crippen LogP contribution >= 0.6 is 33.9 Å². The van der Waals surface area contributed by atoms with E-state index in [-0.39, 0.29) is 27.3 Å². The molecule has 8 heteroatoms. The van der Waals surface area contributed by atoms with Crippen molar-refractivity contribution in [1.82, 2.24) is 0 Å². The van der Waals surface area contributed by atoms with Crippen LogP contribution in [0.2, 0.25) is 10.0 Å². The smallest absolute Gasteiger partial charge is 0.261 e. The Morgan fingerprint density at radius 2 is 1.76 bits per heavy atom. The van der Waals surface area contributed by atoms with Crippen molar-refractivity contribution >= 4 is 42.9 Å². The van der Waals surface area contributed by atoms with Crippen molar-refractivity contribution < 1.29 is 17.5 Å². The molecule has 2 aromatic rings. The van der Waals surface area contributed by atoms with E-state index in [1.165, 1.54) is 36.4 Å². The average Bonchev–Trinajstić information content (AvgIpc) is 2.38. The Morgan fingerprint density at radius 3 is 2.33 bits per heavy atom. The van der Waals surface area contributed by atoms with Gasteiger partial charge in [0.25, 0.3) is 9.05 Å². The first-order valence-electron chi connectivity index (χ1n) is 5.58. The van der Waals surface area contributed by atoms with E-state index in [1.807, 2.05) is 0 Å². The quantitative estimate of drug-likeness (QED) is 0.737. The normalized spacial score (nSPS) is 11.4. The first-order valence-corrected chi connectivity index (χ1v) is 8.65. The zero-order valence-electron chi connectivity index (χ0n) is 10.3. The summed E-state index contributed by atoms with van der Waals surface area (Å²) in [5.74, 6) is -0.181. The molecule has 0 heterocycles. The minimum atomic E-state index is -3.85. The van der Waals surface area contributed by atoms with Crippen LogP contribution in [0.4, 0.5) is 4.39 Å². The topological polar surface area (TPSA) is 43.4 Å². The molecule has 0 radical (unpaired) electrons. The van der Waals surface area contributed by atoms with E-state index in [0.717, 1.165) is 0 Å². The van der Waals surface area contributed by atoms with E-state index >= 15 is 0 Å². The van der Waals surface area contributed by atoms with Gasteiger partial charge in [0.05, 0.1) is 14.9 Å². The third-order valence-corrected chi connectivity index (χ3v) is 4.58. The summed E-state index contributed by atoms with van der Waals surface area (Å²) in [4.78, 5) is -0.124. The van der Waals surface area contributed by atoms with Crippen LogP contribution in [0.25, 0.3) is 0 Å². The number of ether oxygens (including phenoxy) is 1. The maximum Gasteiger partial charge on any atom is 0.261 e. The first-order chi connectivity index (χ1) is 9.77. The fraction of sp³-hybridized carbons (Fsp3) is 0.0769. The second-order valence-electron chi connectivity index (χ2n) is 4.05. The lowest BCUT2D eigenvalue weighted by atomic mass is 10.2. The summed E-state index contributed by atoms with van der Waals surface area (Å²) in [6.45, 7) is 0.0613. The largest absolute Gasteiger partial charge is 0.487 e. The lowest BCUT2D eigenvalue weighted by Crippen LogP contribution is -1.98. The van der Waals surface area contributed by atoms with Gasteiger partial charge in [-0.05, 0) is 30.3 Å². The average molecular weight is 370 g/mol. The molecule has 0 atom stereocenters. The summed E-state index contributed by atoms with van der Waals surface area (Å²) < 4.78 is 40.7. The van der Waals surface area contributed by atoms with Gasteiger partial charge in [-0.25, -0.2) is 12.8 Å². The van der Waals surface area contributed by atoms with Gasteiger partial charge < -0.3 is 4.74 Å². The van der Waals surface area contributed by atoms with Gasteiger partial charge in [0.1, 0.15) is 18.2 Å². The van der Waals surface area contributed by atoms with E-state index in [2.05, 4.69) is 0 Å². The molecule has 112 valence electrons. The van der Waals surface area contributed by atoms with Gasteiger partial charge in [-0.3, -0.25) is 0 Å². The monoisotopic (exact) mass is 368 g/mol. The Labute approximate surface area is 135 Å². The molecular formula is C13H8Cl3FO3S. The Balaban J connectivity index is 2.17. The summed E-state index contributed by atoms with van der Waals surface area (Å²) in [6, 6.07) is 7.76. The molecule has 0 aliphatic carbocycles. The molecule has 0 aliphatic rings. The molecule has 2 aromatic carbocycles. The van der Waals surface area contributed by atoms with Crippen LogP contribution in [0.3, 0.4) is 0 Å². The van der Waals surface area contributed by atoms with Crippen molar-refractivity contribution in [2.75, 3.05) is 0 Å². The van der Waals surface area contributed by atoms with Gasteiger partial charge >= 0.3 is 0 Å². The van der Waals surface area contributed by atoms with Gasteiger partial charge in [-0.2, -0.15) is 0 Å². The maximum atomic E-state index is 12.9. The summed E-state index contributed by atoms with van der Waals surface area (Å²) in [7, 11) is 1.36. The van der Waals surface area contributed by atoms with E-state index in [4.69, 9.17) is 38.6 Å². The van der Waals surface area contributed by atoms with E-state index < -0.39 is 14.9 Å². The second kappa shape index (κ2) is 6.40. The van der Waals surface area contributed by atoms with Gasteiger partial charge in [0.15, 0.2) is 0 Å². The number of hydrogen-bond acceptors (Lipinski definition) is 3. The van der Waals surface area contributed by atoms with Crippen LogP contribution in [0.15, 0.2) is 41.3 Å².